The Balaban J connectivity index is 2.24. The van der Waals surface area contributed by atoms with E-state index in [1.165, 1.54) is 0 Å². The number of rotatable bonds is 6. The Morgan fingerprint density at radius 2 is 1.90 bits per heavy atom. The maximum Gasteiger partial charge on any atom is 0.223 e. The van der Waals surface area contributed by atoms with E-state index in [0.29, 0.717) is 5.95 Å². The summed E-state index contributed by atoms with van der Waals surface area (Å²) in [6.07, 6.45) is 2.86. The molecular formula is C16H21N3O. The van der Waals surface area contributed by atoms with Crippen LogP contribution in [-0.4, -0.2) is 23.1 Å². The van der Waals surface area contributed by atoms with Crippen molar-refractivity contribution in [2.45, 2.75) is 27.2 Å². The molecule has 20 heavy (non-hydrogen) atoms. The molecule has 1 aromatic carbocycles. The highest BCUT2D eigenvalue weighted by molar-refractivity contribution is 5.64. The summed E-state index contributed by atoms with van der Waals surface area (Å²) in [4.78, 5) is 8.83. The smallest absolute Gasteiger partial charge is 0.223 e. The summed E-state index contributed by atoms with van der Waals surface area (Å²) in [6.45, 7) is 7.71. The lowest BCUT2D eigenvalue weighted by Crippen LogP contribution is -2.03. The van der Waals surface area contributed by atoms with Gasteiger partial charge in [-0.2, -0.15) is 0 Å². The number of benzene rings is 1. The summed E-state index contributed by atoms with van der Waals surface area (Å²) in [5.41, 5.74) is 3.10. The molecule has 0 aliphatic rings. The van der Waals surface area contributed by atoms with Crippen molar-refractivity contribution in [2.75, 3.05) is 18.5 Å². The van der Waals surface area contributed by atoms with Crippen LogP contribution in [0.1, 0.15) is 25.8 Å². The predicted molar refractivity (Wildman–Crippen MR) is 82.2 cm³/mol. The first-order valence-electron chi connectivity index (χ1n) is 7.05. The van der Waals surface area contributed by atoms with E-state index in [2.05, 4.69) is 22.2 Å². The van der Waals surface area contributed by atoms with Crippen molar-refractivity contribution in [1.82, 2.24) is 9.97 Å². The molecule has 4 heteroatoms. The average molecular weight is 271 g/mol. The van der Waals surface area contributed by atoms with Gasteiger partial charge in [0.2, 0.25) is 5.95 Å². The lowest BCUT2D eigenvalue weighted by molar-refractivity contribution is 0.317. The van der Waals surface area contributed by atoms with Crippen molar-refractivity contribution in [3.63, 3.8) is 0 Å². The standard InChI is InChI=1S/C16H21N3O/c1-4-10-20-14-8-6-13(7-9-14)15-12(3)11-18-16(19-15)17-5-2/h6-9,11H,4-5,10H2,1-3H3,(H,17,18,19). The first-order chi connectivity index (χ1) is 9.74. The van der Waals surface area contributed by atoms with Crippen LogP contribution in [0.4, 0.5) is 5.95 Å². The molecule has 0 fully saturated rings. The monoisotopic (exact) mass is 271 g/mol. The molecule has 2 rings (SSSR count). The molecule has 0 radical (unpaired) electrons. The van der Waals surface area contributed by atoms with Gasteiger partial charge >= 0.3 is 0 Å². The quantitative estimate of drug-likeness (QED) is 0.870. The molecule has 0 unspecified atom stereocenters. The van der Waals surface area contributed by atoms with Gasteiger partial charge in [-0.25, -0.2) is 9.97 Å². The zero-order chi connectivity index (χ0) is 14.4. The maximum absolute atomic E-state index is 5.59. The molecule has 0 saturated carbocycles. The number of hydrogen-bond donors (Lipinski definition) is 1. The second kappa shape index (κ2) is 6.89. The van der Waals surface area contributed by atoms with Crippen molar-refractivity contribution in [2.24, 2.45) is 0 Å². The highest BCUT2D eigenvalue weighted by Gasteiger charge is 2.06. The molecular weight excluding hydrogens is 250 g/mol. The number of aromatic nitrogens is 2. The van der Waals surface area contributed by atoms with Gasteiger partial charge in [-0.05, 0) is 50.1 Å². The number of aryl methyl sites for hydroxylation is 1. The molecule has 1 aromatic heterocycles. The lowest BCUT2D eigenvalue weighted by Gasteiger charge is -2.09. The molecule has 0 spiro atoms. The van der Waals surface area contributed by atoms with E-state index in [9.17, 15) is 0 Å². The van der Waals surface area contributed by atoms with Crippen LogP contribution in [-0.2, 0) is 0 Å². The van der Waals surface area contributed by atoms with E-state index in [1.54, 1.807) is 0 Å². The third-order valence-corrected chi connectivity index (χ3v) is 2.91. The lowest BCUT2D eigenvalue weighted by atomic mass is 10.1. The Kier molecular flexibility index (Phi) is 4.93. The van der Waals surface area contributed by atoms with Crippen LogP contribution in [0.3, 0.4) is 0 Å². The minimum Gasteiger partial charge on any atom is -0.494 e. The summed E-state index contributed by atoms with van der Waals surface area (Å²) in [6, 6.07) is 8.05. The Labute approximate surface area is 120 Å². The van der Waals surface area contributed by atoms with E-state index in [0.717, 1.165) is 42.1 Å². The van der Waals surface area contributed by atoms with Crippen molar-refractivity contribution in [1.29, 1.82) is 0 Å². The van der Waals surface area contributed by atoms with Crippen LogP contribution in [0, 0.1) is 6.92 Å². The second-order valence-electron chi connectivity index (χ2n) is 4.63. The fourth-order valence-electron chi connectivity index (χ4n) is 1.91. The van der Waals surface area contributed by atoms with E-state index in [-0.39, 0.29) is 0 Å². The van der Waals surface area contributed by atoms with E-state index in [4.69, 9.17) is 4.74 Å². The zero-order valence-electron chi connectivity index (χ0n) is 12.3. The second-order valence-corrected chi connectivity index (χ2v) is 4.63. The Bertz CT molecular complexity index is 552. The number of ether oxygens (including phenoxy) is 1. The summed E-state index contributed by atoms with van der Waals surface area (Å²) < 4.78 is 5.59. The average Bonchev–Trinajstić information content (AvgIpc) is 2.48. The van der Waals surface area contributed by atoms with Gasteiger partial charge in [-0.1, -0.05) is 6.92 Å². The van der Waals surface area contributed by atoms with Gasteiger partial charge in [-0.3, -0.25) is 0 Å². The third kappa shape index (κ3) is 3.47. The van der Waals surface area contributed by atoms with E-state index in [1.807, 2.05) is 44.3 Å². The molecule has 0 aliphatic heterocycles. The van der Waals surface area contributed by atoms with Crippen molar-refractivity contribution < 1.29 is 4.74 Å². The predicted octanol–water partition coefficient (Wildman–Crippen LogP) is 3.67. The highest BCUT2D eigenvalue weighted by atomic mass is 16.5. The Morgan fingerprint density at radius 3 is 2.55 bits per heavy atom. The fourth-order valence-corrected chi connectivity index (χ4v) is 1.91. The molecule has 2 aromatic rings. The van der Waals surface area contributed by atoms with Gasteiger partial charge < -0.3 is 10.1 Å². The summed E-state index contributed by atoms with van der Waals surface area (Å²) in [5.74, 6) is 1.56. The number of hydrogen-bond acceptors (Lipinski definition) is 4. The Hall–Kier alpha value is -2.10. The van der Waals surface area contributed by atoms with Gasteiger partial charge in [0.15, 0.2) is 0 Å². The third-order valence-electron chi connectivity index (χ3n) is 2.91. The first-order valence-corrected chi connectivity index (χ1v) is 7.05. The molecule has 0 amide bonds. The largest absolute Gasteiger partial charge is 0.494 e. The van der Waals surface area contributed by atoms with Crippen LogP contribution in [0.2, 0.25) is 0 Å². The normalized spacial score (nSPS) is 10.3. The molecule has 0 atom stereocenters. The SMILES string of the molecule is CCCOc1ccc(-c2nc(NCC)ncc2C)cc1. The van der Waals surface area contributed by atoms with Crippen LogP contribution in [0.5, 0.6) is 5.75 Å². The van der Waals surface area contributed by atoms with Crippen LogP contribution in [0.25, 0.3) is 11.3 Å². The number of nitrogens with one attached hydrogen (secondary N) is 1. The number of nitrogens with zero attached hydrogens (tertiary/aromatic N) is 2. The van der Waals surface area contributed by atoms with E-state index < -0.39 is 0 Å². The molecule has 106 valence electrons. The van der Waals surface area contributed by atoms with Gasteiger partial charge in [0.1, 0.15) is 5.75 Å². The highest BCUT2D eigenvalue weighted by Crippen LogP contribution is 2.24. The first kappa shape index (κ1) is 14.3. The molecule has 0 saturated heterocycles. The summed E-state index contributed by atoms with van der Waals surface area (Å²) >= 11 is 0. The van der Waals surface area contributed by atoms with Crippen LogP contribution >= 0.6 is 0 Å². The number of anilines is 1. The molecule has 0 bridgehead atoms. The van der Waals surface area contributed by atoms with Crippen molar-refractivity contribution in [3.05, 3.63) is 36.0 Å². The Morgan fingerprint density at radius 1 is 1.15 bits per heavy atom. The van der Waals surface area contributed by atoms with E-state index >= 15 is 0 Å². The van der Waals surface area contributed by atoms with Crippen LogP contribution in [0.15, 0.2) is 30.5 Å². The summed E-state index contributed by atoms with van der Waals surface area (Å²) in [5, 5.41) is 3.14. The van der Waals surface area contributed by atoms with Gasteiger partial charge in [0.25, 0.3) is 0 Å². The zero-order valence-corrected chi connectivity index (χ0v) is 12.3. The minimum atomic E-state index is 0.666. The van der Waals surface area contributed by atoms with Crippen molar-refractivity contribution in [3.8, 4) is 17.0 Å². The molecule has 1 heterocycles. The molecule has 0 aliphatic carbocycles. The maximum atomic E-state index is 5.59. The van der Waals surface area contributed by atoms with Crippen molar-refractivity contribution >= 4 is 5.95 Å². The van der Waals surface area contributed by atoms with Crippen LogP contribution < -0.4 is 10.1 Å². The van der Waals surface area contributed by atoms with Gasteiger partial charge in [0.05, 0.1) is 12.3 Å². The minimum absolute atomic E-state index is 0.666. The van der Waals surface area contributed by atoms with Gasteiger partial charge in [-0.15, -0.1) is 0 Å². The van der Waals surface area contributed by atoms with Gasteiger partial charge in [0, 0.05) is 18.3 Å². The molecule has 4 nitrogen and oxygen atoms in total. The topological polar surface area (TPSA) is 47.0 Å². The summed E-state index contributed by atoms with van der Waals surface area (Å²) in [7, 11) is 0. The fraction of sp³-hybridized carbons (Fsp3) is 0.375. The molecule has 1 N–H and O–H groups in total.